The van der Waals surface area contributed by atoms with Crippen molar-refractivity contribution in [2.75, 3.05) is 26.0 Å². The van der Waals surface area contributed by atoms with Gasteiger partial charge >= 0.3 is 7.60 Å². The zero-order valence-electron chi connectivity index (χ0n) is 13.7. The molecule has 3 rings (SSSR count). The number of benzene rings is 2. The van der Waals surface area contributed by atoms with E-state index in [-0.39, 0.29) is 5.30 Å². The molecule has 0 atom stereocenters. The first-order valence-corrected chi connectivity index (χ1v) is 10.2. The van der Waals surface area contributed by atoms with E-state index < -0.39 is 7.60 Å². The van der Waals surface area contributed by atoms with Crippen LogP contribution in [0.2, 0.25) is 0 Å². The molecule has 0 saturated carbocycles. The van der Waals surface area contributed by atoms with Gasteiger partial charge in [0.1, 0.15) is 0 Å². The fraction of sp³-hybridized carbons (Fsp3) is 0.294. The Balaban J connectivity index is 2.01. The van der Waals surface area contributed by atoms with E-state index in [0.29, 0.717) is 12.1 Å². The first kappa shape index (κ1) is 17.5. The molecule has 2 aromatic carbocycles. The number of nitrogens with one attached hydrogen (secondary N) is 1. The van der Waals surface area contributed by atoms with E-state index in [1.54, 1.807) is 0 Å². The normalized spacial score (nSPS) is 13.4. The summed E-state index contributed by atoms with van der Waals surface area (Å²) in [6.45, 7) is 0.878. The molecule has 0 amide bonds. The third-order valence-corrected chi connectivity index (χ3v) is 6.16. The Bertz CT molecular complexity index is 804. The molecular weight excluding hydrogens is 343 g/mol. The van der Waals surface area contributed by atoms with Gasteiger partial charge in [0.05, 0.1) is 16.7 Å². The van der Waals surface area contributed by atoms with Crippen molar-refractivity contribution in [3.8, 4) is 0 Å². The van der Waals surface area contributed by atoms with Crippen molar-refractivity contribution in [3.63, 3.8) is 0 Å². The van der Waals surface area contributed by atoms with E-state index in [9.17, 15) is 14.4 Å². The zero-order valence-corrected chi connectivity index (χ0v) is 15.4. The maximum absolute atomic E-state index is 12.2. The highest BCUT2D eigenvalue weighted by atomic mass is 32.2. The van der Waals surface area contributed by atoms with Crippen molar-refractivity contribution < 1.29 is 14.4 Å². The number of fused-ring (bicyclic) bond motifs is 2. The highest BCUT2D eigenvalue weighted by molar-refractivity contribution is 7.99. The van der Waals surface area contributed by atoms with Gasteiger partial charge in [-0.1, -0.05) is 30.0 Å². The lowest BCUT2D eigenvalue weighted by Gasteiger charge is -2.25. The minimum absolute atomic E-state index is 0.140. The van der Waals surface area contributed by atoms with Crippen LogP contribution in [0.25, 0.3) is 0 Å². The molecule has 7 heteroatoms. The molecular formula is C17H21N2O3PS. The second-order valence-electron chi connectivity index (χ2n) is 6.12. The molecule has 1 heterocycles. The summed E-state index contributed by atoms with van der Waals surface area (Å²) in [6, 6.07) is 11.6. The van der Waals surface area contributed by atoms with Gasteiger partial charge in [0.15, 0.2) is 0 Å². The molecule has 0 unspecified atom stereocenters. The van der Waals surface area contributed by atoms with Crippen molar-refractivity contribution in [2.24, 2.45) is 0 Å². The van der Waals surface area contributed by atoms with Crippen LogP contribution in [0, 0.1) is 0 Å². The molecule has 0 fully saturated rings. The number of para-hydroxylation sites is 1. The summed E-state index contributed by atoms with van der Waals surface area (Å²) >= 11 is 1.54. The summed E-state index contributed by atoms with van der Waals surface area (Å²) in [5.41, 5.74) is 2.15. The van der Waals surface area contributed by atoms with Gasteiger partial charge in [0.25, 0.3) is 0 Å². The summed E-state index contributed by atoms with van der Waals surface area (Å²) in [7, 11) is -0.397. The molecule has 5 nitrogen and oxygen atoms in total. The van der Waals surface area contributed by atoms with Crippen LogP contribution in [0.5, 0.6) is 0 Å². The van der Waals surface area contributed by atoms with E-state index in [1.165, 1.54) is 11.8 Å². The second-order valence-corrected chi connectivity index (χ2v) is 8.74. The van der Waals surface area contributed by atoms with Crippen LogP contribution in [0.4, 0.5) is 11.4 Å². The lowest BCUT2D eigenvalue weighted by molar-refractivity contribution is 0.386. The number of hydrogen-bond acceptors (Lipinski definition) is 4. The highest BCUT2D eigenvalue weighted by Gasteiger charge is 2.30. The lowest BCUT2D eigenvalue weighted by Crippen LogP contribution is -2.20. The van der Waals surface area contributed by atoms with Gasteiger partial charge in [-0.3, -0.25) is 4.57 Å². The molecule has 3 N–H and O–H groups in total. The molecule has 0 aliphatic carbocycles. The predicted octanol–water partition coefficient (Wildman–Crippen LogP) is 3.19. The topological polar surface area (TPSA) is 72.8 Å². The van der Waals surface area contributed by atoms with E-state index in [2.05, 4.69) is 10.2 Å². The van der Waals surface area contributed by atoms with Crippen LogP contribution < -0.4 is 10.6 Å². The van der Waals surface area contributed by atoms with Crippen molar-refractivity contribution in [3.05, 3.63) is 42.0 Å². The van der Waals surface area contributed by atoms with Gasteiger partial charge in [0.2, 0.25) is 0 Å². The summed E-state index contributed by atoms with van der Waals surface area (Å²) in [4.78, 5) is 23.8. The number of anilines is 2. The fourth-order valence-electron chi connectivity index (χ4n) is 2.85. The molecule has 0 spiro atoms. The van der Waals surface area contributed by atoms with Crippen LogP contribution in [-0.2, 0) is 11.0 Å². The monoisotopic (exact) mass is 364 g/mol. The molecule has 24 heavy (non-hydrogen) atoms. The number of rotatable bonds is 5. The molecule has 0 aromatic heterocycles. The van der Waals surface area contributed by atoms with Gasteiger partial charge < -0.3 is 20.0 Å². The fourth-order valence-corrected chi connectivity index (χ4v) is 4.96. The Morgan fingerprint density at radius 3 is 2.58 bits per heavy atom. The molecule has 1 aliphatic heterocycles. The molecule has 1 aliphatic rings. The van der Waals surface area contributed by atoms with Crippen LogP contribution >= 0.6 is 19.4 Å². The first-order chi connectivity index (χ1) is 11.4. The molecule has 0 saturated heterocycles. The smallest absolute Gasteiger partial charge is 0.353 e. The van der Waals surface area contributed by atoms with E-state index in [4.69, 9.17) is 0 Å². The minimum Gasteiger partial charge on any atom is -0.353 e. The Labute approximate surface area is 146 Å². The highest BCUT2D eigenvalue weighted by Crippen LogP contribution is 2.48. The summed E-state index contributed by atoms with van der Waals surface area (Å²) in [5.74, 6) is 0. The van der Waals surface area contributed by atoms with E-state index in [0.717, 1.165) is 34.0 Å². The standard InChI is InChI=1S/C17H21N2O3PS/c1-19(2)11-5-6-12-9-10-15-16(17(12)23(20,21)22)18-13-7-3-4-8-14(13)24-15/h3-4,7-10,18H,5-6,11H2,1-2H3,(H2,20,21,22). The number of nitrogens with zero attached hydrogens (tertiary/aromatic N) is 1. The Morgan fingerprint density at radius 1 is 1.12 bits per heavy atom. The molecule has 0 radical (unpaired) electrons. The third kappa shape index (κ3) is 3.68. The predicted molar refractivity (Wildman–Crippen MR) is 98.8 cm³/mol. The largest absolute Gasteiger partial charge is 0.358 e. The van der Waals surface area contributed by atoms with Gasteiger partial charge in [-0.2, -0.15) is 0 Å². The second kappa shape index (κ2) is 6.90. The summed E-state index contributed by atoms with van der Waals surface area (Å²) < 4.78 is 12.2. The summed E-state index contributed by atoms with van der Waals surface area (Å²) in [5, 5.41) is 3.37. The van der Waals surface area contributed by atoms with E-state index >= 15 is 0 Å². The van der Waals surface area contributed by atoms with Gasteiger partial charge in [-0.25, -0.2) is 0 Å². The average Bonchev–Trinajstić information content (AvgIpc) is 2.51. The SMILES string of the molecule is CN(C)CCCc1ccc2c(c1P(=O)(O)O)Nc1ccccc1S2. The molecule has 0 bridgehead atoms. The summed E-state index contributed by atoms with van der Waals surface area (Å²) in [6.07, 6.45) is 1.49. The molecule has 128 valence electrons. The van der Waals surface area contributed by atoms with Crippen molar-refractivity contribution >= 4 is 36.0 Å². The van der Waals surface area contributed by atoms with Crippen molar-refractivity contribution in [2.45, 2.75) is 22.6 Å². The Morgan fingerprint density at radius 2 is 1.88 bits per heavy atom. The van der Waals surface area contributed by atoms with Gasteiger partial charge in [-0.05, 0) is 57.2 Å². The maximum Gasteiger partial charge on any atom is 0.358 e. The lowest BCUT2D eigenvalue weighted by atomic mass is 10.1. The van der Waals surface area contributed by atoms with Crippen LogP contribution in [0.3, 0.4) is 0 Å². The third-order valence-electron chi connectivity index (χ3n) is 3.93. The van der Waals surface area contributed by atoms with E-state index in [1.807, 2.05) is 50.5 Å². The average molecular weight is 364 g/mol. The zero-order chi connectivity index (χ0) is 17.3. The quantitative estimate of drug-likeness (QED) is 0.604. The van der Waals surface area contributed by atoms with Gasteiger partial charge in [0, 0.05) is 9.79 Å². The first-order valence-electron chi connectivity index (χ1n) is 7.77. The number of hydrogen-bond donors (Lipinski definition) is 3. The van der Waals surface area contributed by atoms with Crippen LogP contribution in [0.1, 0.15) is 12.0 Å². The van der Waals surface area contributed by atoms with Crippen molar-refractivity contribution in [1.29, 1.82) is 0 Å². The maximum atomic E-state index is 12.2. The molecule has 2 aromatic rings. The van der Waals surface area contributed by atoms with Crippen LogP contribution in [0.15, 0.2) is 46.2 Å². The Hall–Kier alpha value is -1.30. The number of aryl methyl sites for hydroxylation is 1. The minimum atomic E-state index is -4.38. The Kier molecular flexibility index (Phi) is 5.04. The van der Waals surface area contributed by atoms with Crippen LogP contribution in [-0.4, -0.2) is 35.3 Å². The van der Waals surface area contributed by atoms with Gasteiger partial charge in [-0.15, -0.1) is 0 Å². The van der Waals surface area contributed by atoms with Crippen molar-refractivity contribution in [1.82, 2.24) is 4.90 Å².